The monoisotopic (exact) mass is 287 g/mol. The van der Waals surface area contributed by atoms with Gasteiger partial charge in [-0.15, -0.1) is 0 Å². The fourth-order valence-corrected chi connectivity index (χ4v) is 2.73. The van der Waals surface area contributed by atoms with Gasteiger partial charge in [0.2, 0.25) is 10.0 Å². The summed E-state index contributed by atoms with van der Waals surface area (Å²) in [5, 5.41) is 14.0. The highest BCUT2D eigenvalue weighted by Crippen LogP contribution is 2.27. The zero-order valence-electron chi connectivity index (χ0n) is 10.8. The molecule has 0 bridgehead atoms. The van der Waals surface area contributed by atoms with Crippen molar-refractivity contribution in [1.82, 2.24) is 4.72 Å². The van der Waals surface area contributed by atoms with Gasteiger partial charge >= 0.3 is 0 Å². The van der Waals surface area contributed by atoms with E-state index in [4.69, 9.17) is 0 Å². The van der Waals surface area contributed by atoms with Crippen LogP contribution < -0.4 is 10.0 Å². The van der Waals surface area contributed by atoms with Crippen molar-refractivity contribution >= 4 is 21.4 Å². The van der Waals surface area contributed by atoms with E-state index in [1.54, 1.807) is 6.92 Å². The minimum absolute atomic E-state index is 0.176. The van der Waals surface area contributed by atoms with Gasteiger partial charge in [-0.3, -0.25) is 10.1 Å². The maximum Gasteiger partial charge on any atom is 0.291 e. The van der Waals surface area contributed by atoms with E-state index in [0.717, 1.165) is 6.42 Å². The lowest BCUT2D eigenvalue weighted by Crippen LogP contribution is -2.24. The molecule has 2 N–H and O–H groups in total. The Bertz CT molecular complexity index is 557. The van der Waals surface area contributed by atoms with Gasteiger partial charge in [0.25, 0.3) is 5.69 Å². The Labute approximate surface area is 112 Å². The van der Waals surface area contributed by atoms with Crippen molar-refractivity contribution in [3.63, 3.8) is 0 Å². The summed E-state index contributed by atoms with van der Waals surface area (Å²) in [5.41, 5.74) is 0.103. The lowest BCUT2D eigenvalue weighted by atomic mass is 10.2. The van der Waals surface area contributed by atoms with Crippen LogP contribution >= 0.6 is 0 Å². The van der Waals surface area contributed by atoms with Crippen LogP contribution in [0.4, 0.5) is 11.4 Å². The second-order valence-corrected chi connectivity index (χ2v) is 5.60. The molecular weight excluding hydrogens is 270 g/mol. The number of hydrogen-bond donors (Lipinski definition) is 2. The molecule has 0 aliphatic carbocycles. The number of rotatable bonds is 7. The van der Waals surface area contributed by atoms with Crippen molar-refractivity contribution in [1.29, 1.82) is 0 Å². The molecule has 0 radical (unpaired) electrons. The third-order valence-corrected chi connectivity index (χ3v) is 3.95. The first kappa shape index (κ1) is 15.4. The standard InChI is InChI=1S/C11H17N3O4S/c1-3-7-12-9-5-6-11(10(8-9)14(15)16)19(17,18)13-4-2/h5-6,8,12-13H,3-4,7H2,1-2H3. The summed E-state index contributed by atoms with van der Waals surface area (Å²) in [6, 6.07) is 4.00. The van der Waals surface area contributed by atoms with Crippen LogP contribution in [0.1, 0.15) is 20.3 Å². The molecule has 0 spiro atoms. The number of nitro benzene ring substituents is 1. The zero-order chi connectivity index (χ0) is 14.5. The van der Waals surface area contributed by atoms with E-state index in [1.165, 1.54) is 18.2 Å². The molecule has 0 heterocycles. The van der Waals surface area contributed by atoms with Gasteiger partial charge in [0, 0.05) is 24.8 Å². The highest BCUT2D eigenvalue weighted by Gasteiger charge is 2.25. The fourth-order valence-electron chi connectivity index (χ4n) is 1.53. The van der Waals surface area contributed by atoms with Gasteiger partial charge in [-0.1, -0.05) is 13.8 Å². The van der Waals surface area contributed by atoms with E-state index in [1.807, 2.05) is 6.92 Å². The van der Waals surface area contributed by atoms with Gasteiger partial charge in [0.15, 0.2) is 4.90 Å². The van der Waals surface area contributed by atoms with Gasteiger partial charge in [-0.25, -0.2) is 13.1 Å². The third kappa shape index (κ3) is 3.90. The van der Waals surface area contributed by atoms with Gasteiger partial charge < -0.3 is 5.32 Å². The number of nitro groups is 1. The molecule has 8 heteroatoms. The van der Waals surface area contributed by atoms with Gasteiger partial charge in [-0.2, -0.15) is 0 Å². The van der Waals surface area contributed by atoms with Crippen LogP contribution in [0.3, 0.4) is 0 Å². The molecule has 7 nitrogen and oxygen atoms in total. The molecule has 0 aliphatic rings. The van der Waals surface area contributed by atoms with Crippen molar-refractivity contribution in [2.45, 2.75) is 25.2 Å². The van der Waals surface area contributed by atoms with E-state index in [2.05, 4.69) is 10.0 Å². The van der Waals surface area contributed by atoms with Crippen LogP contribution in [0.5, 0.6) is 0 Å². The Morgan fingerprint density at radius 1 is 1.32 bits per heavy atom. The number of anilines is 1. The SMILES string of the molecule is CCCNc1ccc(S(=O)(=O)NCC)c([N+](=O)[O-])c1. The largest absolute Gasteiger partial charge is 0.385 e. The summed E-state index contributed by atoms with van der Waals surface area (Å²) in [5.74, 6) is 0. The predicted molar refractivity (Wildman–Crippen MR) is 72.7 cm³/mol. The quantitative estimate of drug-likeness (QED) is 0.587. The first-order valence-electron chi connectivity index (χ1n) is 5.94. The van der Waals surface area contributed by atoms with Crippen LogP contribution in [-0.4, -0.2) is 26.4 Å². The molecule has 19 heavy (non-hydrogen) atoms. The highest BCUT2D eigenvalue weighted by molar-refractivity contribution is 7.89. The molecule has 1 rings (SSSR count). The lowest BCUT2D eigenvalue weighted by molar-refractivity contribution is -0.387. The molecule has 0 saturated carbocycles. The predicted octanol–water partition coefficient (Wildman–Crippen LogP) is 1.71. The average Bonchev–Trinajstić information content (AvgIpc) is 2.35. The summed E-state index contributed by atoms with van der Waals surface area (Å²) in [7, 11) is -3.84. The van der Waals surface area contributed by atoms with Crippen LogP contribution in [0.15, 0.2) is 23.1 Å². The Morgan fingerprint density at radius 3 is 2.53 bits per heavy atom. The fraction of sp³-hybridized carbons (Fsp3) is 0.455. The molecule has 1 aromatic carbocycles. The number of benzene rings is 1. The molecule has 0 aliphatic heterocycles. The van der Waals surface area contributed by atoms with Crippen LogP contribution in [0.25, 0.3) is 0 Å². The van der Waals surface area contributed by atoms with Gasteiger partial charge in [0.05, 0.1) is 4.92 Å². The summed E-state index contributed by atoms with van der Waals surface area (Å²) in [6.45, 7) is 4.41. The van der Waals surface area contributed by atoms with E-state index in [9.17, 15) is 18.5 Å². The summed E-state index contributed by atoms with van der Waals surface area (Å²) < 4.78 is 25.9. The van der Waals surface area contributed by atoms with E-state index < -0.39 is 20.6 Å². The molecule has 1 aromatic rings. The molecule has 0 aromatic heterocycles. The van der Waals surface area contributed by atoms with Crippen molar-refractivity contribution in [2.24, 2.45) is 0 Å². The van der Waals surface area contributed by atoms with Crippen LogP contribution in [0.2, 0.25) is 0 Å². The highest BCUT2D eigenvalue weighted by atomic mass is 32.2. The first-order chi connectivity index (χ1) is 8.92. The van der Waals surface area contributed by atoms with Gasteiger partial charge in [0.1, 0.15) is 0 Å². The summed E-state index contributed by atoms with van der Waals surface area (Å²) >= 11 is 0. The average molecular weight is 287 g/mol. The molecule has 0 amide bonds. The smallest absolute Gasteiger partial charge is 0.291 e. The number of nitrogens with one attached hydrogen (secondary N) is 2. The minimum Gasteiger partial charge on any atom is -0.385 e. The Kier molecular flexibility index (Phi) is 5.25. The zero-order valence-corrected chi connectivity index (χ0v) is 11.7. The van der Waals surface area contributed by atoms with Crippen LogP contribution in [-0.2, 0) is 10.0 Å². The number of sulfonamides is 1. The second-order valence-electron chi connectivity index (χ2n) is 3.87. The lowest BCUT2D eigenvalue weighted by Gasteiger charge is -2.08. The second kappa shape index (κ2) is 6.48. The summed E-state index contributed by atoms with van der Waals surface area (Å²) in [4.78, 5) is 9.97. The maximum absolute atomic E-state index is 11.8. The van der Waals surface area contributed by atoms with E-state index in [-0.39, 0.29) is 11.4 Å². The summed E-state index contributed by atoms with van der Waals surface area (Å²) in [6.07, 6.45) is 0.866. The van der Waals surface area contributed by atoms with Gasteiger partial charge in [-0.05, 0) is 18.6 Å². The van der Waals surface area contributed by atoms with E-state index >= 15 is 0 Å². The topological polar surface area (TPSA) is 101 Å². The molecule has 0 unspecified atom stereocenters. The maximum atomic E-state index is 11.8. The third-order valence-electron chi connectivity index (χ3n) is 2.36. The normalized spacial score (nSPS) is 11.3. The first-order valence-corrected chi connectivity index (χ1v) is 7.42. The Balaban J connectivity index is 3.23. The van der Waals surface area contributed by atoms with Crippen LogP contribution in [0, 0.1) is 10.1 Å². The minimum atomic E-state index is -3.84. The Hall–Kier alpha value is -1.67. The van der Waals surface area contributed by atoms with Crippen molar-refractivity contribution < 1.29 is 13.3 Å². The number of hydrogen-bond acceptors (Lipinski definition) is 5. The van der Waals surface area contributed by atoms with Crippen molar-refractivity contribution in [3.05, 3.63) is 28.3 Å². The van der Waals surface area contributed by atoms with Crippen molar-refractivity contribution in [3.8, 4) is 0 Å². The Morgan fingerprint density at radius 2 is 2.00 bits per heavy atom. The molecule has 106 valence electrons. The van der Waals surface area contributed by atoms with Crippen molar-refractivity contribution in [2.75, 3.05) is 18.4 Å². The molecule has 0 saturated heterocycles. The molecule has 0 fully saturated rings. The molecular formula is C11H17N3O4S. The molecule has 0 atom stereocenters. The van der Waals surface area contributed by atoms with E-state index in [0.29, 0.717) is 12.2 Å². The number of nitrogens with zero attached hydrogens (tertiary/aromatic N) is 1.